The molecule has 0 aliphatic rings. The molecule has 0 atom stereocenters. The maximum absolute atomic E-state index is 13.6. The van der Waals surface area contributed by atoms with Crippen LogP contribution in [-0.4, -0.2) is 25.3 Å². The van der Waals surface area contributed by atoms with Crippen molar-refractivity contribution in [2.24, 2.45) is 7.05 Å². The maximum atomic E-state index is 13.6. The number of carbonyl (C=O) groups is 1. The number of nitrogens with one attached hydrogen (secondary N) is 1. The van der Waals surface area contributed by atoms with Crippen molar-refractivity contribution >= 4 is 16.7 Å². The third kappa shape index (κ3) is 4.78. The Morgan fingerprint density at radius 3 is 2.58 bits per heavy atom. The first-order valence-electron chi connectivity index (χ1n) is 12.1. The van der Waals surface area contributed by atoms with Gasteiger partial charge in [-0.15, -0.1) is 0 Å². The van der Waals surface area contributed by atoms with Crippen LogP contribution in [0.25, 0.3) is 22.2 Å². The molecule has 2 aromatic heterocycles. The van der Waals surface area contributed by atoms with Gasteiger partial charge in [-0.25, -0.2) is 13.5 Å². The van der Waals surface area contributed by atoms with E-state index < -0.39 is 17.2 Å². The minimum Gasteiger partial charge on any atom is -0.294 e. The summed E-state index contributed by atoms with van der Waals surface area (Å²) in [6, 6.07) is 19.2. The number of nitrogens with zero attached hydrogens (tertiary/aromatic N) is 3. The first-order valence-corrected chi connectivity index (χ1v) is 12.1. The van der Waals surface area contributed by atoms with E-state index in [2.05, 4.69) is 22.0 Å². The van der Waals surface area contributed by atoms with E-state index in [1.807, 2.05) is 48.5 Å². The van der Waals surface area contributed by atoms with E-state index >= 15 is 0 Å². The summed E-state index contributed by atoms with van der Waals surface area (Å²) in [5, 5.41) is 8.48. The number of carbonyl (C=O) groups excluding carboxylic acids is 1. The second kappa shape index (κ2) is 10.3. The van der Waals surface area contributed by atoms with Crippen molar-refractivity contribution in [3.63, 3.8) is 0 Å². The average Bonchev–Trinajstić information content (AvgIpc) is 3.43. The van der Waals surface area contributed by atoms with Crippen molar-refractivity contribution in [3.8, 4) is 23.1 Å². The Morgan fingerprint density at radius 1 is 1.03 bits per heavy atom. The van der Waals surface area contributed by atoms with Crippen LogP contribution < -0.4 is 5.56 Å². The number of fused-ring (bicyclic) bond motifs is 1. The number of halogens is 2. The van der Waals surface area contributed by atoms with Crippen LogP contribution in [0.5, 0.6) is 0 Å². The van der Waals surface area contributed by atoms with E-state index in [0.717, 1.165) is 39.9 Å². The van der Waals surface area contributed by atoms with Crippen molar-refractivity contribution in [1.82, 2.24) is 19.6 Å². The molecule has 38 heavy (non-hydrogen) atoms. The highest BCUT2D eigenvalue weighted by molar-refractivity contribution is 5.97. The summed E-state index contributed by atoms with van der Waals surface area (Å²) in [6.07, 6.45) is 0.370. The normalized spacial score (nSPS) is 10.9. The number of rotatable bonds is 6. The highest BCUT2D eigenvalue weighted by atomic mass is 19.2. The van der Waals surface area contributed by atoms with Crippen molar-refractivity contribution in [1.29, 1.82) is 0 Å². The highest BCUT2D eigenvalue weighted by Crippen LogP contribution is 2.26. The molecule has 0 aliphatic heterocycles. The van der Waals surface area contributed by atoms with Crippen LogP contribution in [0.1, 0.15) is 40.0 Å². The molecular formula is C30H24F2N4O2. The van der Waals surface area contributed by atoms with Crippen LogP contribution in [0.2, 0.25) is 0 Å². The van der Waals surface area contributed by atoms with Gasteiger partial charge in [-0.2, -0.15) is 5.10 Å². The second-order valence-electron chi connectivity index (χ2n) is 9.02. The molecule has 190 valence electrons. The summed E-state index contributed by atoms with van der Waals surface area (Å²) in [5.74, 6) is 3.85. The van der Waals surface area contributed by atoms with Gasteiger partial charge in [0.05, 0.1) is 17.8 Å². The van der Waals surface area contributed by atoms with E-state index in [4.69, 9.17) is 0 Å². The fraction of sp³-hybridized carbons (Fsp3) is 0.167. The summed E-state index contributed by atoms with van der Waals surface area (Å²) in [7, 11) is 1.65. The van der Waals surface area contributed by atoms with Gasteiger partial charge in [-0.1, -0.05) is 48.2 Å². The minimum atomic E-state index is -0.986. The molecule has 0 unspecified atom stereocenters. The predicted octanol–water partition coefficient (Wildman–Crippen LogP) is 5.38. The van der Waals surface area contributed by atoms with Gasteiger partial charge in [-0.3, -0.25) is 19.4 Å². The number of H-pyrrole nitrogens is 1. The van der Waals surface area contributed by atoms with Crippen molar-refractivity contribution in [2.75, 3.05) is 0 Å². The van der Waals surface area contributed by atoms with Crippen LogP contribution in [-0.2, 0) is 13.6 Å². The lowest BCUT2D eigenvalue weighted by molar-refractivity contribution is 0.0982. The van der Waals surface area contributed by atoms with Crippen LogP contribution in [0.15, 0.2) is 71.5 Å². The first-order chi connectivity index (χ1) is 18.3. The lowest BCUT2D eigenvalue weighted by Crippen LogP contribution is -2.25. The number of benzene rings is 3. The molecule has 0 saturated carbocycles. The van der Waals surface area contributed by atoms with Crippen LogP contribution in [0, 0.1) is 30.4 Å². The summed E-state index contributed by atoms with van der Waals surface area (Å²) < 4.78 is 29.7. The molecule has 0 radical (unpaired) electrons. The van der Waals surface area contributed by atoms with Crippen LogP contribution in [0.3, 0.4) is 0 Å². The van der Waals surface area contributed by atoms with Crippen LogP contribution >= 0.6 is 0 Å². The lowest BCUT2D eigenvalue weighted by atomic mass is 10.1. The standard InChI is InChI=1S/C30H24F2N4O2/c1-19-28(30(38)36(35(19)2)18-21-13-15-24(31)25(32)16-21)27(37)11-7-6-8-20-12-14-23-26(17-20)33-34-29(23)22-9-4-3-5-10-22/h3-5,9-10,12-17H,7,11,18H2,1-2H3,(H,33,34). The highest BCUT2D eigenvalue weighted by Gasteiger charge is 2.21. The molecule has 0 bridgehead atoms. The maximum Gasteiger partial charge on any atom is 0.278 e. The van der Waals surface area contributed by atoms with Gasteiger partial charge in [0, 0.05) is 42.1 Å². The lowest BCUT2D eigenvalue weighted by Gasteiger charge is -2.08. The molecule has 1 N–H and O–H groups in total. The Balaban J connectivity index is 1.28. The SMILES string of the molecule is Cc1c(C(=O)CCC#Cc2ccc3c(-c4ccccc4)n[nH]c3c2)c(=O)n(Cc2ccc(F)c(F)c2)n1C. The molecule has 5 rings (SSSR count). The molecule has 6 nitrogen and oxygen atoms in total. The fourth-order valence-corrected chi connectivity index (χ4v) is 4.45. The monoisotopic (exact) mass is 510 g/mol. The van der Waals surface area contributed by atoms with Gasteiger partial charge < -0.3 is 0 Å². The zero-order chi connectivity index (χ0) is 26.8. The number of Topliss-reactive ketones (excluding diaryl/α,β-unsaturated/α-hetero) is 1. The van der Waals surface area contributed by atoms with E-state index in [1.165, 1.54) is 10.7 Å². The molecular weight excluding hydrogens is 486 g/mol. The molecule has 0 amide bonds. The largest absolute Gasteiger partial charge is 0.294 e. The number of ketones is 1. The molecule has 0 spiro atoms. The Kier molecular flexibility index (Phi) is 6.75. The fourth-order valence-electron chi connectivity index (χ4n) is 4.45. The third-order valence-electron chi connectivity index (χ3n) is 6.57. The number of hydrogen-bond acceptors (Lipinski definition) is 3. The van der Waals surface area contributed by atoms with Gasteiger partial charge in [0.2, 0.25) is 0 Å². The van der Waals surface area contributed by atoms with E-state index in [1.54, 1.807) is 18.7 Å². The van der Waals surface area contributed by atoms with Gasteiger partial charge in [0.1, 0.15) is 5.56 Å². The summed E-state index contributed by atoms with van der Waals surface area (Å²) in [6.45, 7) is 1.70. The molecule has 8 heteroatoms. The molecule has 2 heterocycles. The van der Waals surface area contributed by atoms with E-state index in [9.17, 15) is 18.4 Å². The second-order valence-corrected chi connectivity index (χ2v) is 9.02. The van der Waals surface area contributed by atoms with E-state index in [-0.39, 0.29) is 30.7 Å². The summed E-state index contributed by atoms with van der Waals surface area (Å²) >= 11 is 0. The van der Waals surface area contributed by atoms with Crippen LogP contribution in [0.4, 0.5) is 8.78 Å². The minimum absolute atomic E-state index is 0.0164. The van der Waals surface area contributed by atoms with E-state index in [0.29, 0.717) is 11.3 Å². The van der Waals surface area contributed by atoms with Gasteiger partial charge in [0.15, 0.2) is 17.4 Å². The average molecular weight is 511 g/mol. The molecule has 0 aliphatic carbocycles. The zero-order valence-electron chi connectivity index (χ0n) is 20.9. The molecule has 0 saturated heterocycles. The van der Waals surface area contributed by atoms with Gasteiger partial charge in [0.25, 0.3) is 5.56 Å². The van der Waals surface area contributed by atoms with Crippen molar-refractivity contribution < 1.29 is 13.6 Å². The predicted molar refractivity (Wildman–Crippen MR) is 142 cm³/mol. The number of aromatic amines is 1. The van der Waals surface area contributed by atoms with Gasteiger partial charge >= 0.3 is 0 Å². The third-order valence-corrected chi connectivity index (χ3v) is 6.57. The summed E-state index contributed by atoms with van der Waals surface area (Å²) in [5.41, 5.74) is 4.11. The Hall–Kier alpha value is -4.77. The van der Waals surface area contributed by atoms with Crippen molar-refractivity contribution in [2.45, 2.75) is 26.3 Å². The molecule has 5 aromatic rings. The topological polar surface area (TPSA) is 72.7 Å². The van der Waals surface area contributed by atoms with Gasteiger partial charge in [-0.05, 0) is 42.8 Å². The Labute approximate surface area is 217 Å². The number of hydrogen-bond donors (Lipinski definition) is 1. The summed E-state index contributed by atoms with van der Waals surface area (Å²) in [4.78, 5) is 25.9. The number of aromatic nitrogens is 4. The molecule has 3 aromatic carbocycles. The molecule has 0 fully saturated rings. The zero-order valence-corrected chi connectivity index (χ0v) is 20.9. The Morgan fingerprint density at radius 2 is 1.82 bits per heavy atom. The quantitative estimate of drug-likeness (QED) is 0.246. The Bertz CT molecular complexity index is 1790. The smallest absolute Gasteiger partial charge is 0.278 e. The first kappa shape index (κ1) is 24.9. The van der Waals surface area contributed by atoms with Crippen molar-refractivity contribution in [3.05, 3.63) is 111 Å².